The van der Waals surface area contributed by atoms with Gasteiger partial charge in [0.15, 0.2) is 0 Å². The van der Waals surface area contributed by atoms with Gasteiger partial charge >= 0.3 is 5.30 Å². The number of allylic oxidation sites excluding steroid dienone is 2. The lowest BCUT2D eigenvalue weighted by Gasteiger charge is -2.46. The molecule has 0 aromatic heterocycles. The quantitative estimate of drug-likeness (QED) is 0.452. The lowest BCUT2D eigenvalue weighted by Crippen LogP contribution is -2.37. The number of carbonyl (C=O) groups excluding carboxylic acids is 1. The molecule has 0 spiro atoms. The van der Waals surface area contributed by atoms with Crippen molar-refractivity contribution < 1.29 is 9.53 Å². The second kappa shape index (κ2) is 7.21. The van der Waals surface area contributed by atoms with Gasteiger partial charge in [-0.2, -0.15) is 0 Å². The second-order valence-corrected chi connectivity index (χ2v) is 9.86. The molecule has 2 saturated carbocycles. The van der Waals surface area contributed by atoms with Crippen LogP contribution < -0.4 is 0 Å². The first-order valence-electron chi connectivity index (χ1n) is 9.41. The van der Waals surface area contributed by atoms with Gasteiger partial charge in [-0.05, 0) is 107 Å². The van der Waals surface area contributed by atoms with E-state index in [1.807, 2.05) is 20.8 Å². The molecule has 0 saturated heterocycles. The van der Waals surface area contributed by atoms with Crippen LogP contribution in [0.5, 0.6) is 0 Å². The van der Waals surface area contributed by atoms with Gasteiger partial charge < -0.3 is 4.74 Å². The first kappa shape index (κ1) is 17.4. The summed E-state index contributed by atoms with van der Waals surface area (Å²) in [4.78, 5) is 11.9. The molecule has 0 N–H and O–H groups in total. The number of thioether (sulfide) groups is 1. The van der Waals surface area contributed by atoms with Crippen molar-refractivity contribution in [2.45, 2.75) is 71.3 Å². The molecule has 3 rings (SSSR count). The smallest absolute Gasteiger partial charge is 0.367 e. The van der Waals surface area contributed by atoms with E-state index in [0.717, 1.165) is 29.4 Å². The van der Waals surface area contributed by atoms with Crippen molar-refractivity contribution >= 4 is 17.1 Å². The molecule has 2 fully saturated rings. The number of ether oxygens (including phenoxy) is 1. The fourth-order valence-electron chi connectivity index (χ4n) is 4.92. The van der Waals surface area contributed by atoms with Crippen LogP contribution in [0.4, 0.5) is 4.79 Å². The van der Waals surface area contributed by atoms with E-state index in [-0.39, 0.29) is 10.9 Å². The molecule has 2 unspecified atom stereocenters. The Bertz CT molecular complexity index is 451. The van der Waals surface area contributed by atoms with Crippen LogP contribution in [0.1, 0.15) is 65.7 Å². The second-order valence-electron chi connectivity index (χ2n) is 8.91. The summed E-state index contributed by atoms with van der Waals surface area (Å²) >= 11 is 1.40. The third-order valence-corrected chi connectivity index (χ3v) is 6.95. The van der Waals surface area contributed by atoms with E-state index in [9.17, 15) is 4.79 Å². The predicted molar refractivity (Wildman–Crippen MR) is 97.6 cm³/mol. The third kappa shape index (κ3) is 4.78. The van der Waals surface area contributed by atoms with E-state index in [2.05, 4.69) is 12.2 Å². The van der Waals surface area contributed by atoms with E-state index in [0.29, 0.717) is 5.92 Å². The maximum Gasteiger partial charge on any atom is 0.367 e. The Balaban J connectivity index is 1.46. The number of hydrogen-bond acceptors (Lipinski definition) is 3. The maximum absolute atomic E-state index is 11.9. The summed E-state index contributed by atoms with van der Waals surface area (Å²) in [5, 5.41) is -0.0965. The number of fused-ring (bicyclic) bond motifs is 2. The highest BCUT2D eigenvalue weighted by Gasteiger charge is 2.40. The topological polar surface area (TPSA) is 26.3 Å². The van der Waals surface area contributed by atoms with Gasteiger partial charge in [-0.25, -0.2) is 4.79 Å². The molecule has 2 nitrogen and oxygen atoms in total. The van der Waals surface area contributed by atoms with Gasteiger partial charge in [0.1, 0.15) is 5.60 Å². The van der Waals surface area contributed by atoms with Crippen LogP contribution in [-0.2, 0) is 4.74 Å². The Hall–Kier alpha value is -0.440. The van der Waals surface area contributed by atoms with Crippen LogP contribution in [0.2, 0.25) is 0 Å². The molecule has 0 bridgehead atoms. The molecular formula is C20H32O2S. The molecule has 3 aliphatic rings. The van der Waals surface area contributed by atoms with Crippen molar-refractivity contribution in [2.24, 2.45) is 29.6 Å². The van der Waals surface area contributed by atoms with Crippen LogP contribution in [0.25, 0.3) is 0 Å². The highest BCUT2D eigenvalue weighted by Crippen LogP contribution is 2.50. The van der Waals surface area contributed by atoms with Crippen molar-refractivity contribution in [3.63, 3.8) is 0 Å². The van der Waals surface area contributed by atoms with E-state index < -0.39 is 0 Å². The fraction of sp³-hybridized carbons (Fsp3) is 0.850. The molecule has 3 heteroatoms. The Labute approximate surface area is 145 Å². The van der Waals surface area contributed by atoms with Gasteiger partial charge in [0.2, 0.25) is 0 Å². The summed E-state index contributed by atoms with van der Waals surface area (Å²) in [6, 6.07) is 0. The molecule has 0 heterocycles. The Kier molecular flexibility index (Phi) is 5.45. The van der Waals surface area contributed by atoms with Crippen molar-refractivity contribution in [1.29, 1.82) is 0 Å². The maximum atomic E-state index is 11.9. The molecule has 0 amide bonds. The minimum absolute atomic E-state index is 0.0965. The molecule has 0 aromatic rings. The minimum Gasteiger partial charge on any atom is -0.452 e. The van der Waals surface area contributed by atoms with E-state index in [1.54, 1.807) is 0 Å². The highest BCUT2D eigenvalue weighted by atomic mass is 32.2. The van der Waals surface area contributed by atoms with Gasteiger partial charge in [-0.15, -0.1) is 0 Å². The van der Waals surface area contributed by atoms with Crippen LogP contribution in [-0.4, -0.2) is 16.7 Å². The first-order chi connectivity index (χ1) is 10.9. The van der Waals surface area contributed by atoms with Crippen molar-refractivity contribution in [3.8, 4) is 0 Å². The zero-order valence-corrected chi connectivity index (χ0v) is 15.7. The van der Waals surface area contributed by atoms with Crippen molar-refractivity contribution in [3.05, 3.63) is 12.2 Å². The first-order valence-corrected chi connectivity index (χ1v) is 10.4. The van der Waals surface area contributed by atoms with Gasteiger partial charge in [-0.3, -0.25) is 0 Å². The molecule has 5 atom stereocenters. The SMILES string of the molecule is CC(C)(C)OC(=O)SCC1CC[C@@H]2CC3CC=CC[C@@H]3C[C@@H]2C1. The summed E-state index contributed by atoms with van der Waals surface area (Å²) in [6.07, 6.45) is 14.4. The largest absolute Gasteiger partial charge is 0.452 e. The molecule has 130 valence electrons. The van der Waals surface area contributed by atoms with Crippen LogP contribution in [0.3, 0.4) is 0 Å². The lowest BCUT2D eigenvalue weighted by molar-refractivity contribution is 0.0589. The normalized spacial score (nSPS) is 36.9. The molecule has 3 aliphatic carbocycles. The van der Waals surface area contributed by atoms with Gasteiger partial charge in [0.05, 0.1) is 0 Å². The van der Waals surface area contributed by atoms with Crippen molar-refractivity contribution in [1.82, 2.24) is 0 Å². The summed E-state index contributed by atoms with van der Waals surface area (Å²) < 4.78 is 5.42. The highest BCUT2D eigenvalue weighted by molar-refractivity contribution is 8.13. The monoisotopic (exact) mass is 336 g/mol. The number of hydrogen-bond donors (Lipinski definition) is 0. The molecule has 0 aliphatic heterocycles. The van der Waals surface area contributed by atoms with Gasteiger partial charge in [0, 0.05) is 5.75 Å². The van der Waals surface area contributed by atoms with Gasteiger partial charge in [0.25, 0.3) is 0 Å². The van der Waals surface area contributed by atoms with Crippen LogP contribution in [0, 0.1) is 29.6 Å². The predicted octanol–water partition coefficient (Wildman–Crippen LogP) is 6.06. The summed E-state index contributed by atoms with van der Waals surface area (Å²) in [5.41, 5.74) is -0.366. The van der Waals surface area contributed by atoms with Crippen LogP contribution >= 0.6 is 11.8 Å². The Morgan fingerprint density at radius 3 is 2.30 bits per heavy atom. The summed E-state index contributed by atoms with van der Waals surface area (Å²) in [6.45, 7) is 5.81. The summed E-state index contributed by atoms with van der Waals surface area (Å²) in [5.74, 6) is 5.45. The number of rotatable bonds is 2. The van der Waals surface area contributed by atoms with E-state index in [4.69, 9.17) is 4.74 Å². The molecule has 0 aromatic carbocycles. The zero-order valence-electron chi connectivity index (χ0n) is 14.9. The number of carbonyl (C=O) groups is 1. The van der Waals surface area contributed by atoms with E-state index >= 15 is 0 Å². The Morgan fingerprint density at radius 1 is 1.00 bits per heavy atom. The lowest BCUT2D eigenvalue weighted by atomic mass is 9.59. The van der Waals surface area contributed by atoms with E-state index in [1.165, 1.54) is 56.7 Å². The fourth-order valence-corrected chi connectivity index (χ4v) is 5.91. The Morgan fingerprint density at radius 2 is 1.65 bits per heavy atom. The van der Waals surface area contributed by atoms with Gasteiger partial charge in [-0.1, -0.05) is 12.2 Å². The third-order valence-electron chi connectivity index (χ3n) is 6.00. The average Bonchev–Trinajstić information content (AvgIpc) is 2.49. The molecule has 23 heavy (non-hydrogen) atoms. The van der Waals surface area contributed by atoms with Crippen molar-refractivity contribution in [2.75, 3.05) is 5.75 Å². The molecule has 0 radical (unpaired) electrons. The standard InChI is InChI=1S/C20H32O2S/c1-20(2,3)22-19(21)23-13-14-8-9-17-11-15-6-4-5-7-16(15)12-18(17)10-14/h4-5,14-18H,6-13H2,1-3H3/t14?,15?,16-,17-,18+/m1/s1. The minimum atomic E-state index is -0.366. The molecular weight excluding hydrogens is 304 g/mol. The average molecular weight is 337 g/mol. The summed E-state index contributed by atoms with van der Waals surface area (Å²) in [7, 11) is 0. The zero-order chi connectivity index (χ0) is 16.4. The van der Waals surface area contributed by atoms with Crippen LogP contribution in [0.15, 0.2) is 12.2 Å².